The topological polar surface area (TPSA) is 71.3 Å². The van der Waals surface area contributed by atoms with Gasteiger partial charge in [0.2, 0.25) is 11.7 Å². The molecule has 1 aromatic heterocycles. The van der Waals surface area contributed by atoms with Gasteiger partial charge in [-0.2, -0.15) is 4.98 Å². The number of rotatable bonds is 3. The van der Waals surface area contributed by atoms with E-state index in [0.717, 1.165) is 35.2 Å². The number of anilines is 1. The van der Waals surface area contributed by atoms with Crippen molar-refractivity contribution in [1.29, 1.82) is 0 Å². The number of likely N-dealkylation sites (tertiary alicyclic amines) is 1. The van der Waals surface area contributed by atoms with Crippen molar-refractivity contribution in [3.05, 3.63) is 65.5 Å². The summed E-state index contributed by atoms with van der Waals surface area (Å²) in [5.41, 5.74) is 3.92. The minimum absolute atomic E-state index is 0.140. The molecule has 2 aromatic carbocycles. The van der Waals surface area contributed by atoms with Crippen molar-refractivity contribution < 1.29 is 9.32 Å². The SMILES string of the molecule is Cc1cccc(NC(=O)N2CCC[C@H]2c2nc(-c3ccccc3C)no2)c1. The van der Waals surface area contributed by atoms with Gasteiger partial charge in [-0.15, -0.1) is 0 Å². The molecule has 1 aliphatic heterocycles. The average Bonchev–Trinajstić information content (AvgIpc) is 3.31. The van der Waals surface area contributed by atoms with Crippen molar-refractivity contribution in [2.75, 3.05) is 11.9 Å². The number of carbonyl (C=O) groups excluding carboxylic acids is 1. The van der Waals surface area contributed by atoms with Crippen LogP contribution in [-0.4, -0.2) is 27.6 Å². The fourth-order valence-electron chi connectivity index (χ4n) is 3.49. The zero-order valence-electron chi connectivity index (χ0n) is 15.5. The number of amides is 2. The molecule has 0 radical (unpaired) electrons. The molecule has 2 amide bonds. The summed E-state index contributed by atoms with van der Waals surface area (Å²) in [5, 5.41) is 7.11. The quantitative estimate of drug-likeness (QED) is 0.732. The van der Waals surface area contributed by atoms with E-state index in [9.17, 15) is 4.79 Å². The summed E-state index contributed by atoms with van der Waals surface area (Å²) in [5.74, 6) is 1.05. The first-order valence-electron chi connectivity index (χ1n) is 9.16. The van der Waals surface area contributed by atoms with Crippen LogP contribution in [0.4, 0.5) is 10.5 Å². The van der Waals surface area contributed by atoms with E-state index in [1.54, 1.807) is 4.90 Å². The Bertz CT molecular complexity index is 966. The lowest BCUT2D eigenvalue weighted by Crippen LogP contribution is -2.34. The molecule has 0 bridgehead atoms. The lowest BCUT2D eigenvalue weighted by atomic mass is 10.1. The molecule has 1 N–H and O–H groups in total. The maximum atomic E-state index is 12.8. The number of nitrogens with one attached hydrogen (secondary N) is 1. The van der Waals surface area contributed by atoms with Gasteiger partial charge >= 0.3 is 6.03 Å². The maximum Gasteiger partial charge on any atom is 0.322 e. The Balaban J connectivity index is 1.53. The molecule has 6 heteroatoms. The summed E-state index contributed by atoms with van der Waals surface area (Å²) in [7, 11) is 0. The van der Waals surface area contributed by atoms with Crippen molar-refractivity contribution in [3.63, 3.8) is 0 Å². The number of hydrogen-bond donors (Lipinski definition) is 1. The van der Waals surface area contributed by atoms with Crippen LogP contribution in [0.5, 0.6) is 0 Å². The van der Waals surface area contributed by atoms with Gasteiger partial charge in [0.25, 0.3) is 0 Å². The lowest BCUT2D eigenvalue weighted by Gasteiger charge is -2.22. The maximum absolute atomic E-state index is 12.8. The Labute approximate surface area is 158 Å². The van der Waals surface area contributed by atoms with Gasteiger partial charge in [-0.1, -0.05) is 41.6 Å². The summed E-state index contributed by atoms with van der Waals surface area (Å²) in [4.78, 5) is 19.1. The minimum atomic E-state index is -0.194. The molecule has 1 saturated heterocycles. The van der Waals surface area contributed by atoms with Crippen LogP contribution >= 0.6 is 0 Å². The molecule has 27 heavy (non-hydrogen) atoms. The molecule has 0 saturated carbocycles. The molecule has 0 unspecified atom stereocenters. The highest BCUT2D eigenvalue weighted by atomic mass is 16.5. The number of urea groups is 1. The third-order valence-electron chi connectivity index (χ3n) is 4.90. The molecule has 4 rings (SSSR count). The van der Waals surface area contributed by atoms with E-state index in [1.807, 2.05) is 62.4 Å². The molecule has 2 heterocycles. The normalized spacial score (nSPS) is 16.5. The number of benzene rings is 2. The molecule has 0 aliphatic carbocycles. The van der Waals surface area contributed by atoms with Crippen molar-refractivity contribution >= 4 is 11.7 Å². The molecule has 1 fully saturated rings. The lowest BCUT2D eigenvalue weighted by molar-refractivity contribution is 0.193. The predicted molar refractivity (Wildman–Crippen MR) is 103 cm³/mol. The highest BCUT2D eigenvalue weighted by Gasteiger charge is 2.34. The second kappa shape index (κ2) is 7.23. The molecule has 0 spiro atoms. The molecular formula is C21H22N4O2. The van der Waals surface area contributed by atoms with Crippen molar-refractivity contribution in [2.24, 2.45) is 0 Å². The largest absolute Gasteiger partial charge is 0.337 e. The Morgan fingerprint density at radius 1 is 1.19 bits per heavy atom. The number of nitrogens with zero attached hydrogens (tertiary/aromatic N) is 3. The summed E-state index contributed by atoms with van der Waals surface area (Å²) >= 11 is 0. The van der Waals surface area contributed by atoms with E-state index in [-0.39, 0.29) is 12.1 Å². The molecule has 6 nitrogen and oxygen atoms in total. The first-order chi connectivity index (χ1) is 13.1. The fraction of sp³-hybridized carbons (Fsp3) is 0.286. The smallest absolute Gasteiger partial charge is 0.322 e. The Morgan fingerprint density at radius 2 is 2.04 bits per heavy atom. The van der Waals surface area contributed by atoms with E-state index in [4.69, 9.17) is 4.52 Å². The summed E-state index contributed by atoms with van der Waals surface area (Å²) < 4.78 is 5.52. The standard InChI is InChI=1S/C21H22N4O2/c1-14-7-5-9-16(13-14)22-21(26)25-12-6-11-18(25)20-23-19(24-27-20)17-10-4-3-8-15(17)2/h3-5,7-10,13,18H,6,11-12H2,1-2H3,(H,22,26)/t18-/m0/s1. The van der Waals surface area contributed by atoms with E-state index in [0.29, 0.717) is 18.3 Å². The second-order valence-corrected chi connectivity index (χ2v) is 6.92. The molecule has 138 valence electrons. The van der Waals surface area contributed by atoms with E-state index < -0.39 is 0 Å². The van der Waals surface area contributed by atoms with E-state index in [1.165, 1.54) is 0 Å². The summed E-state index contributed by atoms with van der Waals surface area (Å²) in [6.45, 7) is 4.69. The predicted octanol–water partition coefficient (Wildman–Crippen LogP) is 4.72. The highest BCUT2D eigenvalue weighted by Crippen LogP contribution is 2.33. The summed E-state index contributed by atoms with van der Waals surface area (Å²) in [6, 6.07) is 15.4. The Hall–Kier alpha value is -3.15. The first kappa shape index (κ1) is 17.3. The van der Waals surface area contributed by atoms with Crippen LogP contribution in [-0.2, 0) is 0 Å². The van der Waals surface area contributed by atoms with Gasteiger partial charge in [-0.25, -0.2) is 4.79 Å². The van der Waals surface area contributed by atoms with Gasteiger partial charge in [0.05, 0.1) is 0 Å². The van der Waals surface area contributed by atoms with E-state index >= 15 is 0 Å². The van der Waals surface area contributed by atoms with Gasteiger partial charge in [-0.05, 0) is 49.9 Å². The Kier molecular flexibility index (Phi) is 4.62. The second-order valence-electron chi connectivity index (χ2n) is 6.92. The van der Waals surface area contributed by atoms with Gasteiger partial charge < -0.3 is 14.7 Å². The van der Waals surface area contributed by atoms with Gasteiger partial charge in [0.1, 0.15) is 6.04 Å². The van der Waals surface area contributed by atoms with Crippen LogP contribution in [0.15, 0.2) is 53.1 Å². The van der Waals surface area contributed by atoms with Crippen LogP contribution in [0.25, 0.3) is 11.4 Å². The van der Waals surface area contributed by atoms with Crippen LogP contribution in [0.3, 0.4) is 0 Å². The van der Waals surface area contributed by atoms with Crippen molar-refractivity contribution in [1.82, 2.24) is 15.0 Å². The number of hydrogen-bond acceptors (Lipinski definition) is 4. The molecule has 3 aromatic rings. The van der Waals surface area contributed by atoms with Crippen molar-refractivity contribution in [2.45, 2.75) is 32.7 Å². The zero-order chi connectivity index (χ0) is 18.8. The van der Waals surface area contributed by atoms with Crippen LogP contribution < -0.4 is 5.32 Å². The van der Waals surface area contributed by atoms with Crippen molar-refractivity contribution in [3.8, 4) is 11.4 Å². The number of carbonyl (C=O) groups is 1. The number of aromatic nitrogens is 2. The van der Waals surface area contributed by atoms with Gasteiger partial charge in [-0.3, -0.25) is 0 Å². The fourth-order valence-corrected chi connectivity index (χ4v) is 3.49. The minimum Gasteiger partial charge on any atom is -0.337 e. The monoisotopic (exact) mass is 362 g/mol. The highest BCUT2D eigenvalue weighted by molar-refractivity contribution is 5.89. The van der Waals surface area contributed by atoms with E-state index in [2.05, 4.69) is 15.5 Å². The number of aryl methyl sites for hydroxylation is 2. The van der Waals surface area contributed by atoms with Crippen LogP contribution in [0, 0.1) is 13.8 Å². The Morgan fingerprint density at radius 3 is 2.85 bits per heavy atom. The third-order valence-corrected chi connectivity index (χ3v) is 4.90. The molecule has 1 aliphatic rings. The zero-order valence-corrected chi connectivity index (χ0v) is 15.5. The third kappa shape index (κ3) is 3.56. The molecular weight excluding hydrogens is 340 g/mol. The van der Waals surface area contributed by atoms with Gasteiger partial charge in [0.15, 0.2) is 0 Å². The van der Waals surface area contributed by atoms with Gasteiger partial charge in [0, 0.05) is 17.8 Å². The first-order valence-corrected chi connectivity index (χ1v) is 9.16. The average molecular weight is 362 g/mol. The van der Waals surface area contributed by atoms with Crippen LogP contribution in [0.2, 0.25) is 0 Å². The molecule has 1 atom stereocenters. The van der Waals surface area contributed by atoms with Crippen LogP contribution in [0.1, 0.15) is 35.9 Å². The summed E-state index contributed by atoms with van der Waals surface area (Å²) in [6.07, 6.45) is 1.73.